The van der Waals surface area contributed by atoms with Crippen molar-refractivity contribution in [2.45, 2.75) is 6.92 Å². The number of fused-ring (bicyclic) bond motifs is 1. The third-order valence-corrected chi connectivity index (χ3v) is 2.48. The molecule has 1 heterocycles. The molecular weight excluding hydrogens is 246 g/mol. The fraction of sp³-hybridized carbons (Fsp3) is 0.100. The minimum Gasteiger partial charge on any atom is -0.455 e. The van der Waals surface area contributed by atoms with E-state index < -0.39 is 0 Å². The largest absolute Gasteiger partial charge is 0.455 e. The predicted molar refractivity (Wildman–Crippen MR) is 57.9 cm³/mol. The monoisotopic (exact) mass is 253 g/mol. The summed E-state index contributed by atoms with van der Waals surface area (Å²) in [5.74, 6) is 0.584. The fourth-order valence-corrected chi connectivity index (χ4v) is 1.62. The van der Waals surface area contributed by atoms with E-state index in [9.17, 15) is 0 Å². The quantitative estimate of drug-likeness (QED) is 0.481. The van der Waals surface area contributed by atoms with E-state index in [2.05, 4.69) is 21.1 Å². The standard InChI is InChI=1S/C10H8BrNO2/c1-6(12-13)10-5-7-4-8(11)2-3-9(7)14-10/h2-5,13H,1H3. The van der Waals surface area contributed by atoms with Crippen LogP contribution in [0.5, 0.6) is 0 Å². The summed E-state index contributed by atoms with van der Waals surface area (Å²) in [7, 11) is 0. The second kappa shape index (κ2) is 3.46. The minimum atomic E-state index is 0.470. The number of nitrogens with zero attached hydrogens (tertiary/aromatic N) is 1. The lowest BCUT2D eigenvalue weighted by Gasteiger charge is -1.89. The topological polar surface area (TPSA) is 45.7 Å². The Morgan fingerprint density at radius 1 is 1.43 bits per heavy atom. The van der Waals surface area contributed by atoms with Gasteiger partial charge in [0.25, 0.3) is 0 Å². The number of hydrogen-bond acceptors (Lipinski definition) is 3. The third-order valence-electron chi connectivity index (χ3n) is 1.98. The Morgan fingerprint density at radius 3 is 2.93 bits per heavy atom. The molecule has 0 spiro atoms. The highest BCUT2D eigenvalue weighted by Crippen LogP contribution is 2.23. The molecule has 0 saturated heterocycles. The molecule has 0 saturated carbocycles. The molecule has 72 valence electrons. The van der Waals surface area contributed by atoms with Crippen LogP contribution in [0.3, 0.4) is 0 Å². The van der Waals surface area contributed by atoms with Crippen molar-refractivity contribution in [3.63, 3.8) is 0 Å². The van der Waals surface area contributed by atoms with Crippen LogP contribution in [0, 0.1) is 0 Å². The van der Waals surface area contributed by atoms with E-state index in [1.807, 2.05) is 24.3 Å². The molecule has 1 aromatic heterocycles. The Morgan fingerprint density at radius 2 is 2.21 bits per heavy atom. The Hall–Kier alpha value is -1.29. The maximum absolute atomic E-state index is 8.59. The van der Waals surface area contributed by atoms with E-state index in [0.717, 1.165) is 15.4 Å². The third kappa shape index (κ3) is 1.53. The Bertz CT molecular complexity index is 502. The average molecular weight is 254 g/mol. The van der Waals surface area contributed by atoms with Crippen molar-refractivity contribution in [2.75, 3.05) is 0 Å². The summed E-state index contributed by atoms with van der Waals surface area (Å²) in [5.41, 5.74) is 1.25. The molecule has 0 radical (unpaired) electrons. The van der Waals surface area contributed by atoms with Crippen molar-refractivity contribution < 1.29 is 9.62 Å². The fourth-order valence-electron chi connectivity index (χ4n) is 1.24. The van der Waals surface area contributed by atoms with Gasteiger partial charge in [0, 0.05) is 9.86 Å². The highest BCUT2D eigenvalue weighted by molar-refractivity contribution is 9.10. The molecule has 3 nitrogen and oxygen atoms in total. The van der Waals surface area contributed by atoms with Crippen molar-refractivity contribution in [1.29, 1.82) is 0 Å². The maximum Gasteiger partial charge on any atom is 0.152 e. The second-order valence-electron chi connectivity index (χ2n) is 2.98. The Kier molecular flexibility index (Phi) is 2.29. The summed E-state index contributed by atoms with van der Waals surface area (Å²) in [6.45, 7) is 1.69. The zero-order valence-corrected chi connectivity index (χ0v) is 9.08. The molecule has 1 aromatic carbocycles. The van der Waals surface area contributed by atoms with Crippen molar-refractivity contribution >= 4 is 32.6 Å². The van der Waals surface area contributed by atoms with E-state index in [1.165, 1.54) is 0 Å². The maximum atomic E-state index is 8.59. The molecular formula is C10H8BrNO2. The molecule has 0 bridgehead atoms. The predicted octanol–water partition coefficient (Wildman–Crippen LogP) is 3.39. The van der Waals surface area contributed by atoms with E-state index in [1.54, 1.807) is 6.92 Å². The number of oxime groups is 1. The molecule has 0 fully saturated rings. The molecule has 2 aromatic rings. The summed E-state index contributed by atoms with van der Waals surface area (Å²) in [6, 6.07) is 7.57. The van der Waals surface area contributed by atoms with Crippen LogP contribution in [-0.2, 0) is 0 Å². The van der Waals surface area contributed by atoms with Gasteiger partial charge in [0.15, 0.2) is 5.76 Å². The first-order chi connectivity index (χ1) is 6.70. The van der Waals surface area contributed by atoms with Gasteiger partial charge in [-0.25, -0.2) is 0 Å². The van der Waals surface area contributed by atoms with Gasteiger partial charge in [0.1, 0.15) is 11.3 Å². The van der Waals surface area contributed by atoms with Gasteiger partial charge in [-0.3, -0.25) is 0 Å². The van der Waals surface area contributed by atoms with E-state index in [4.69, 9.17) is 9.62 Å². The molecule has 0 atom stereocenters. The van der Waals surface area contributed by atoms with Crippen LogP contribution in [0.2, 0.25) is 0 Å². The molecule has 0 aliphatic carbocycles. The molecule has 1 N–H and O–H groups in total. The van der Waals surface area contributed by atoms with Crippen LogP contribution in [0.15, 0.2) is 38.3 Å². The van der Waals surface area contributed by atoms with Crippen LogP contribution in [-0.4, -0.2) is 10.9 Å². The van der Waals surface area contributed by atoms with Crippen molar-refractivity contribution in [1.82, 2.24) is 0 Å². The molecule has 0 unspecified atom stereocenters. The van der Waals surface area contributed by atoms with Gasteiger partial charge in [0.2, 0.25) is 0 Å². The lowest BCUT2D eigenvalue weighted by molar-refractivity contribution is 0.318. The van der Waals surface area contributed by atoms with Crippen molar-refractivity contribution in [3.8, 4) is 0 Å². The van der Waals surface area contributed by atoms with Gasteiger partial charge in [0.05, 0.1) is 0 Å². The number of rotatable bonds is 1. The summed E-state index contributed by atoms with van der Waals surface area (Å²) >= 11 is 3.37. The number of furan rings is 1. The van der Waals surface area contributed by atoms with Crippen molar-refractivity contribution in [3.05, 3.63) is 34.5 Å². The molecule has 0 aliphatic heterocycles. The summed E-state index contributed by atoms with van der Waals surface area (Å²) in [4.78, 5) is 0. The number of hydrogen-bond donors (Lipinski definition) is 1. The molecule has 0 amide bonds. The Labute approximate surface area is 89.1 Å². The second-order valence-corrected chi connectivity index (χ2v) is 3.89. The van der Waals surface area contributed by atoms with Crippen molar-refractivity contribution in [2.24, 2.45) is 5.16 Å². The van der Waals surface area contributed by atoms with Gasteiger partial charge in [-0.2, -0.15) is 0 Å². The van der Waals surface area contributed by atoms with E-state index in [-0.39, 0.29) is 0 Å². The molecule has 14 heavy (non-hydrogen) atoms. The van der Waals surface area contributed by atoms with Crippen LogP contribution >= 0.6 is 15.9 Å². The molecule has 4 heteroatoms. The average Bonchev–Trinajstić information content (AvgIpc) is 2.59. The summed E-state index contributed by atoms with van der Waals surface area (Å²) in [5, 5.41) is 12.7. The molecule has 2 rings (SSSR count). The van der Waals surface area contributed by atoms with Gasteiger partial charge < -0.3 is 9.62 Å². The summed E-state index contributed by atoms with van der Waals surface area (Å²) < 4.78 is 6.46. The van der Waals surface area contributed by atoms with Crippen LogP contribution in [0.4, 0.5) is 0 Å². The first-order valence-electron chi connectivity index (χ1n) is 4.09. The first-order valence-corrected chi connectivity index (χ1v) is 4.88. The highest BCUT2D eigenvalue weighted by atomic mass is 79.9. The number of halogens is 1. The van der Waals surface area contributed by atoms with Crippen LogP contribution in [0.1, 0.15) is 12.7 Å². The highest BCUT2D eigenvalue weighted by Gasteiger charge is 2.06. The van der Waals surface area contributed by atoms with Gasteiger partial charge in [-0.15, -0.1) is 0 Å². The first kappa shape index (κ1) is 9.27. The normalized spacial score (nSPS) is 12.3. The lowest BCUT2D eigenvalue weighted by atomic mass is 10.2. The van der Waals surface area contributed by atoms with Gasteiger partial charge in [-0.05, 0) is 31.2 Å². The molecule has 0 aliphatic rings. The van der Waals surface area contributed by atoms with Crippen LogP contribution in [0.25, 0.3) is 11.0 Å². The zero-order valence-electron chi connectivity index (χ0n) is 7.49. The Balaban J connectivity index is 2.62. The van der Waals surface area contributed by atoms with Gasteiger partial charge >= 0.3 is 0 Å². The minimum absolute atomic E-state index is 0.470. The smallest absolute Gasteiger partial charge is 0.152 e. The zero-order chi connectivity index (χ0) is 10.1. The van der Waals surface area contributed by atoms with E-state index in [0.29, 0.717) is 11.5 Å². The van der Waals surface area contributed by atoms with Crippen LogP contribution < -0.4 is 0 Å². The van der Waals surface area contributed by atoms with E-state index >= 15 is 0 Å². The summed E-state index contributed by atoms with van der Waals surface area (Å²) in [6.07, 6.45) is 0. The number of benzene rings is 1. The SMILES string of the molecule is CC(=NO)c1cc2cc(Br)ccc2o1. The lowest BCUT2D eigenvalue weighted by Crippen LogP contribution is -1.89. The van der Waals surface area contributed by atoms with Gasteiger partial charge in [-0.1, -0.05) is 21.1 Å².